The van der Waals surface area contributed by atoms with Crippen LogP contribution in [0.4, 0.5) is 0 Å². The first-order valence-electron chi connectivity index (χ1n) is 6.68. The van der Waals surface area contributed by atoms with E-state index in [-0.39, 0.29) is 0 Å². The number of hydrogen-bond acceptors (Lipinski definition) is 5. The molecule has 1 saturated heterocycles. The molecular formula is C13H22N4O2S. The predicted molar refractivity (Wildman–Crippen MR) is 78.5 cm³/mol. The summed E-state index contributed by atoms with van der Waals surface area (Å²) in [4.78, 5) is 5.14. The summed E-state index contributed by atoms with van der Waals surface area (Å²) in [5.74, 6) is 0. The Kier molecular flexibility index (Phi) is 4.77. The van der Waals surface area contributed by atoms with Crippen molar-refractivity contribution in [3.63, 3.8) is 0 Å². The average molecular weight is 298 g/mol. The number of rotatable bonds is 4. The highest BCUT2D eigenvalue weighted by Gasteiger charge is 2.23. The van der Waals surface area contributed by atoms with Gasteiger partial charge in [0.1, 0.15) is 0 Å². The van der Waals surface area contributed by atoms with Crippen LogP contribution in [0.5, 0.6) is 0 Å². The topological polar surface area (TPSA) is 78.7 Å². The molecule has 6 nitrogen and oxygen atoms in total. The van der Waals surface area contributed by atoms with E-state index in [0.29, 0.717) is 24.5 Å². The van der Waals surface area contributed by atoms with Crippen LogP contribution in [0.1, 0.15) is 11.1 Å². The zero-order chi connectivity index (χ0) is 14.8. The number of nitrogens with zero attached hydrogens (tertiary/aromatic N) is 2. The molecule has 0 bridgehead atoms. The van der Waals surface area contributed by atoms with Gasteiger partial charge in [-0.3, -0.25) is 0 Å². The average Bonchev–Trinajstić information content (AvgIpc) is 2.41. The maximum atomic E-state index is 12.5. The van der Waals surface area contributed by atoms with Crippen LogP contribution in [0, 0.1) is 6.92 Å². The van der Waals surface area contributed by atoms with E-state index in [9.17, 15) is 8.42 Å². The molecule has 7 heteroatoms. The standard InChI is InChI=1S/C13H22N4O2S/c1-11-12(10-14)4-3-5-13(11)20(18,19)15-17-8-6-16(2)7-9-17/h3-5,15H,6-10,14H2,1-2H3. The number of sulfonamides is 1. The zero-order valence-electron chi connectivity index (χ0n) is 12.0. The second-order valence-electron chi connectivity index (χ2n) is 5.13. The Balaban J connectivity index is 2.18. The largest absolute Gasteiger partial charge is 0.326 e. The molecule has 2 rings (SSSR count). The van der Waals surface area contributed by atoms with Crippen LogP contribution in [0.25, 0.3) is 0 Å². The first kappa shape index (κ1) is 15.4. The van der Waals surface area contributed by atoms with E-state index in [0.717, 1.165) is 24.2 Å². The second-order valence-corrected chi connectivity index (χ2v) is 6.76. The molecule has 1 aliphatic heterocycles. The molecule has 1 heterocycles. The van der Waals surface area contributed by atoms with Gasteiger partial charge < -0.3 is 10.6 Å². The van der Waals surface area contributed by atoms with Crippen LogP contribution in [0.2, 0.25) is 0 Å². The third kappa shape index (κ3) is 3.36. The van der Waals surface area contributed by atoms with Crippen molar-refractivity contribution in [3.8, 4) is 0 Å². The van der Waals surface area contributed by atoms with E-state index in [1.807, 2.05) is 13.1 Å². The van der Waals surface area contributed by atoms with Crippen LogP contribution in [0.15, 0.2) is 23.1 Å². The van der Waals surface area contributed by atoms with Gasteiger partial charge in [-0.25, -0.2) is 13.4 Å². The quantitative estimate of drug-likeness (QED) is 0.811. The van der Waals surface area contributed by atoms with Crippen molar-refractivity contribution in [1.29, 1.82) is 0 Å². The Bertz CT molecular complexity index is 566. The van der Waals surface area contributed by atoms with Crippen LogP contribution in [-0.2, 0) is 16.6 Å². The van der Waals surface area contributed by atoms with E-state index in [1.54, 1.807) is 24.1 Å². The summed E-state index contributed by atoms with van der Waals surface area (Å²) in [6, 6.07) is 5.20. The maximum Gasteiger partial charge on any atom is 0.253 e. The lowest BCUT2D eigenvalue weighted by molar-refractivity contribution is 0.135. The molecule has 1 fully saturated rings. The van der Waals surface area contributed by atoms with Gasteiger partial charge in [0.05, 0.1) is 4.90 Å². The van der Waals surface area contributed by atoms with Crippen LogP contribution >= 0.6 is 0 Å². The summed E-state index contributed by atoms with van der Waals surface area (Å²) in [6.45, 7) is 5.20. The Morgan fingerprint density at radius 2 is 1.90 bits per heavy atom. The highest BCUT2D eigenvalue weighted by atomic mass is 32.2. The van der Waals surface area contributed by atoms with Gasteiger partial charge in [0.15, 0.2) is 0 Å². The maximum absolute atomic E-state index is 12.5. The van der Waals surface area contributed by atoms with Gasteiger partial charge in [-0.2, -0.15) is 0 Å². The molecule has 1 aromatic carbocycles. The number of likely N-dealkylation sites (N-methyl/N-ethyl adjacent to an activating group) is 1. The molecule has 1 aliphatic rings. The summed E-state index contributed by atoms with van der Waals surface area (Å²) in [5, 5.41) is 1.75. The van der Waals surface area contributed by atoms with Crippen molar-refractivity contribution in [2.45, 2.75) is 18.4 Å². The zero-order valence-corrected chi connectivity index (χ0v) is 12.8. The van der Waals surface area contributed by atoms with E-state index < -0.39 is 10.0 Å². The third-order valence-corrected chi connectivity index (χ3v) is 5.18. The summed E-state index contributed by atoms with van der Waals surface area (Å²) < 4.78 is 24.9. The molecule has 0 unspecified atom stereocenters. The first-order chi connectivity index (χ1) is 9.44. The summed E-state index contributed by atoms with van der Waals surface area (Å²) in [5.41, 5.74) is 7.20. The van der Waals surface area contributed by atoms with Crippen LogP contribution < -0.4 is 10.6 Å². The van der Waals surface area contributed by atoms with Crippen LogP contribution in [-0.4, -0.2) is 51.6 Å². The molecular weight excluding hydrogens is 276 g/mol. The monoisotopic (exact) mass is 298 g/mol. The molecule has 0 amide bonds. The minimum atomic E-state index is -3.54. The Labute approximate surface area is 120 Å². The molecule has 0 spiro atoms. The fourth-order valence-corrected chi connectivity index (χ4v) is 3.70. The lowest BCUT2D eigenvalue weighted by Gasteiger charge is -2.32. The van der Waals surface area contributed by atoms with Gasteiger partial charge in [-0.05, 0) is 31.2 Å². The number of hydrazine groups is 1. The number of nitrogens with one attached hydrogen (secondary N) is 1. The van der Waals surface area contributed by atoms with Crippen LogP contribution in [0.3, 0.4) is 0 Å². The van der Waals surface area contributed by atoms with Gasteiger partial charge in [-0.15, -0.1) is 4.83 Å². The van der Waals surface area contributed by atoms with Crippen molar-refractivity contribution >= 4 is 10.0 Å². The second kappa shape index (κ2) is 6.19. The molecule has 0 aliphatic carbocycles. The SMILES string of the molecule is Cc1c(CN)cccc1S(=O)(=O)NN1CCN(C)CC1. The lowest BCUT2D eigenvalue weighted by Crippen LogP contribution is -2.52. The van der Waals surface area contributed by atoms with Crippen molar-refractivity contribution in [3.05, 3.63) is 29.3 Å². The normalized spacial score (nSPS) is 18.4. The van der Waals surface area contributed by atoms with E-state index in [2.05, 4.69) is 9.73 Å². The van der Waals surface area contributed by atoms with Gasteiger partial charge in [0.25, 0.3) is 10.0 Å². The van der Waals surface area contributed by atoms with Crippen molar-refractivity contribution in [1.82, 2.24) is 14.7 Å². The minimum Gasteiger partial charge on any atom is -0.326 e. The van der Waals surface area contributed by atoms with Crippen molar-refractivity contribution in [2.75, 3.05) is 33.2 Å². The highest BCUT2D eigenvalue weighted by Crippen LogP contribution is 2.18. The number of piperazine rings is 1. The smallest absolute Gasteiger partial charge is 0.253 e. The number of nitrogens with two attached hydrogens (primary N) is 1. The Hall–Kier alpha value is -0.990. The third-order valence-electron chi connectivity index (χ3n) is 3.66. The van der Waals surface area contributed by atoms with E-state index >= 15 is 0 Å². The van der Waals surface area contributed by atoms with Crippen molar-refractivity contribution < 1.29 is 8.42 Å². The summed E-state index contributed by atoms with van der Waals surface area (Å²) >= 11 is 0. The number of hydrogen-bond donors (Lipinski definition) is 2. The first-order valence-corrected chi connectivity index (χ1v) is 8.17. The molecule has 0 aromatic heterocycles. The summed E-state index contributed by atoms with van der Waals surface area (Å²) in [7, 11) is -1.51. The van der Waals surface area contributed by atoms with E-state index in [4.69, 9.17) is 5.73 Å². The Morgan fingerprint density at radius 3 is 2.50 bits per heavy atom. The predicted octanol–water partition coefficient (Wildman–Crippen LogP) is -0.106. The molecule has 0 saturated carbocycles. The van der Waals surface area contributed by atoms with Gasteiger partial charge in [-0.1, -0.05) is 12.1 Å². The fourth-order valence-electron chi connectivity index (χ4n) is 2.29. The highest BCUT2D eigenvalue weighted by molar-refractivity contribution is 7.89. The van der Waals surface area contributed by atoms with Crippen molar-refractivity contribution in [2.24, 2.45) is 5.73 Å². The molecule has 1 aromatic rings. The molecule has 3 N–H and O–H groups in total. The molecule has 112 valence electrons. The molecule has 20 heavy (non-hydrogen) atoms. The Morgan fingerprint density at radius 1 is 1.25 bits per heavy atom. The van der Waals surface area contributed by atoms with E-state index in [1.165, 1.54) is 0 Å². The summed E-state index contributed by atoms with van der Waals surface area (Å²) in [6.07, 6.45) is 0. The fraction of sp³-hybridized carbons (Fsp3) is 0.538. The lowest BCUT2D eigenvalue weighted by atomic mass is 10.1. The molecule has 0 atom stereocenters. The van der Waals surface area contributed by atoms with Gasteiger partial charge >= 0.3 is 0 Å². The minimum absolute atomic E-state index is 0.305. The molecule has 0 radical (unpaired) electrons. The van der Waals surface area contributed by atoms with Gasteiger partial charge in [0, 0.05) is 32.7 Å². The van der Waals surface area contributed by atoms with Gasteiger partial charge in [0.2, 0.25) is 0 Å². The number of benzene rings is 1.